The molecule has 3 N–H and O–H groups in total. The van der Waals surface area contributed by atoms with Crippen molar-refractivity contribution in [3.63, 3.8) is 0 Å². The van der Waals surface area contributed by atoms with Gasteiger partial charge in [0.25, 0.3) is 0 Å². The van der Waals surface area contributed by atoms with Gasteiger partial charge in [0.2, 0.25) is 5.91 Å². The minimum absolute atomic E-state index is 0.0889. The van der Waals surface area contributed by atoms with Crippen LogP contribution in [0.5, 0.6) is 0 Å². The number of nitrogens with one attached hydrogen (secondary N) is 1. The minimum atomic E-state index is 0.0889. The summed E-state index contributed by atoms with van der Waals surface area (Å²) in [7, 11) is 1.63. The molecule has 0 aromatic rings. The van der Waals surface area contributed by atoms with Gasteiger partial charge >= 0.3 is 0 Å². The largest absolute Gasteiger partial charge is 0.383 e. The van der Waals surface area contributed by atoms with Crippen molar-refractivity contribution in [2.75, 3.05) is 39.9 Å². The predicted molar refractivity (Wildman–Crippen MR) is 67.8 cm³/mol. The molecule has 0 unspecified atom stereocenters. The van der Waals surface area contributed by atoms with Gasteiger partial charge in [-0.1, -0.05) is 6.42 Å². The summed E-state index contributed by atoms with van der Waals surface area (Å²) in [5, 5.41) is 2.86. The molecule has 1 saturated carbocycles. The Morgan fingerprint density at radius 3 is 2.82 bits per heavy atom. The van der Waals surface area contributed by atoms with E-state index in [0.717, 1.165) is 13.0 Å². The number of nitrogens with two attached hydrogens (primary N) is 1. The Morgan fingerprint density at radius 1 is 1.53 bits per heavy atom. The van der Waals surface area contributed by atoms with Crippen LogP contribution in [0.15, 0.2) is 0 Å². The summed E-state index contributed by atoms with van der Waals surface area (Å²) >= 11 is 0. The zero-order valence-electron chi connectivity index (χ0n) is 10.8. The van der Waals surface area contributed by atoms with Crippen molar-refractivity contribution < 1.29 is 9.53 Å². The summed E-state index contributed by atoms with van der Waals surface area (Å²) < 4.78 is 4.90. The Balaban J connectivity index is 2.23. The van der Waals surface area contributed by atoms with Crippen molar-refractivity contribution in [2.45, 2.75) is 31.7 Å². The van der Waals surface area contributed by atoms with Gasteiger partial charge < -0.3 is 15.8 Å². The molecule has 0 spiro atoms. The van der Waals surface area contributed by atoms with Crippen molar-refractivity contribution in [3.05, 3.63) is 0 Å². The standard InChI is InChI=1S/C12H25N3O2/c1-17-9-7-14-12(16)10-15(8-3-6-13)11-4-2-5-11/h11H,2-10,13H2,1H3,(H,14,16). The maximum Gasteiger partial charge on any atom is 0.234 e. The molecule has 0 saturated heterocycles. The second kappa shape index (κ2) is 8.44. The van der Waals surface area contributed by atoms with Crippen molar-refractivity contribution in [2.24, 2.45) is 5.73 Å². The van der Waals surface area contributed by atoms with Gasteiger partial charge in [0.1, 0.15) is 0 Å². The van der Waals surface area contributed by atoms with Crippen LogP contribution in [-0.4, -0.2) is 56.7 Å². The fourth-order valence-electron chi connectivity index (χ4n) is 1.97. The van der Waals surface area contributed by atoms with E-state index in [1.165, 1.54) is 19.3 Å². The Morgan fingerprint density at radius 2 is 2.29 bits per heavy atom. The number of nitrogens with zero attached hydrogens (tertiary/aromatic N) is 1. The molecule has 0 heterocycles. The average molecular weight is 243 g/mol. The molecule has 5 heteroatoms. The van der Waals surface area contributed by atoms with E-state index in [-0.39, 0.29) is 5.91 Å². The van der Waals surface area contributed by atoms with Gasteiger partial charge in [0.15, 0.2) is 0 Å². The zero-order chi connectivity index (χ0) is 12.5. The van der Waals surface area contributed by atoms with Crippen LogP contribution in [-0.2, 0) is 9.53 Å². The third-order valence-electron chi connectivity index (χ3n) is 3.22. The first-order valence-electron chi connectivity index (χ1n) is 6.47. The van der Waals surface area contributed by atoms with Crippen LogP contribution in [0.4, 0.5) is 0 Å². The molecule has 1 aliphatic rings. The van der Waals surface area contributed by atoms with Gasteiger partial charge in [-0.25, -0.2) is 0 Å². The van der Waals surface area contributed by atoms with Gasteiger partial charge in [-0.15, -0.1) is 0 Å². The molecule has 0 aromatic heterocycles. The predicted octanol–water partition coefficient (Wildman–Crippen LogP) is -0.0477. The quantitative estimate of drug-likeness (QED) is 0.557. The smallest absolute Gasteiger partial charge is 0.234 e. The maximum absolute atomic E-state index is 11.7. The number of methoxy groups -OCH3 is 1. The fraction of sp³-hybridized carbons (Fsp3) is 0.917. The summed E-state index contributed by atoms with van der Waals surface area (Å²) in [4.78, 5) is 14.0. The molecule has 0 atom stereocenters. The summed E-state index contributed by atoms with van der Waals surface area (Å²) in [6.07, 6.45) is 4.68. The van der Waals surface area contributed by atoms with Crippen LogP contribution in [0, 0.1) is 0 Å². The third-order valence-corrected chi connectivity index (χ3v) is 3.22. The number of ether oxygens (including phenoxy) is 1. The van der Waals surface area contributed by atoms with Crippen LogP contribution in [0.1, 0.15) is 25.7 Å². The lowest BCUT2D eigenvalue weighted by Gasteiger charge is -2.37. The summed E-state index contributed by atoms with van der Waals surface area (Å²) in [5.41, 5.74) is 5.52. The second-order valence-electron chi connectivity index (χ2n) is 4.54. The highest BCUT2D eigenvalue weighted by molar-refractivity contribution is 5.78. The molecule has 1 rings (SSSR count). The van der Waals surface area contributed by atoms with Crippen LogP contribution < -0.4 is 11.1 Å². The lowest BCUT2D eigenvalue weighted by atomic mass is 9.91. The highest BCUT2D eigenvalue weighted by atomic mass is 16.5. The lowest BCUT2D eigenvalue weighted by molar-refractivity contribution is -0.123. The zero-order valence-corrected chi connectivity index (χ0v) is 10.8. The average Bonchev–Trinajstić information content (AvgIpc) is 2.23. The SMILES string of the molecule is COCCNC(=O)CN(CCCN)C1CCC1. The third kappa shape index (κ3) is 5.48. The molecule has 0 aliphatic heterocycles. The monoisotopic (exact) mass is 243 g/mol. The number of amides is 1. The number of rotatable bonds is 9. The molecule has 5 nitrogen and oxygen atoms in total. The first-order valence-corrected chi connectivity index (χ1v) is 6.47. The summed E-state index contributed by atoms with van der Waals surface area (Å²) in [6.45, 7) is 3.27. The number of hydrogen-bond donors (Lipinski definition) is 2. The van der Waals surface area contributed by atoms with Crippen LogP contribution in [0.25, 0.3) is 0 Å². The Labute approximate surface area is 104 Å². The first kappa shape index (κ1) is 14.4. The van der Waals surface area contributed by atoms with Gasteiger partial charge in [-0.3, -0.25) is 9.69 Å². The normalized spacial score (nSPS) is 15.9. The number of hydrogen-bond acceptors (Lipinski definition) is 4. The Bertz CT molecular complexity index is 220. The van der Waals surface area contributed by atoms with Crippen molar-refractivity contribution in [3.8, 4) is 0 Å². The van der Waals surface area contributed by atoms with Crippen molar-refractivity contribution >= 4 is 5.91 Å². The molecule has 100 valence electrons. The van der Waals surface area contributed by atoms with Crippen LogP contribution >= 0.6 is 0 Å². The maximum atomic E-state index is 11.7. The molecule has 1 amide bonds. The van der Waals surface area contributed by atoms with Crippen molar-refractivity contribution in [1.29, 1.82) is 0 Å². The highest BCUT2D eigenvalue weighted by Crippen LogP contribution is 2.24. The van der Waals surface area contributed by atoms with E-state index in [1.54, 1.807) is 7.11 Å². The van der Waals surface area contributed by atoms with Crippen molar-refractivity contribution in [1.82, 2.24) is 10.2 Å². The molecular formula is C12H25N3O2. The van der Waals surface area contributed by atoms with E-state index >= 15 is 0 Å². The van der Waals surface area contributed by atoms with Gasteiger partial charge in [0.05, 0.1) is 13.2 Å². The Hall–Kier alpha value is -0.650. The fourth-order valence-corrected chi connectivity index (χ4v) is 1.97. The van der Waals surface area contributed by atoms with Crippen LogP contribution in [0.2, 0.25) is 0 Å². The van der Waals surface area contributed by atoms with E-state index in [1.807, 2.05) is 0 Å². The lowest BCUT2D eigenvalue weighted by Crippen LogP contribution is -2.47. The molecule has 1 fully saturated rings. The first-order chi connectivity index (χ1) is 8.27. The summed E-state index contributed by atoms with van der Waals surface area (Å²) in [6, 6.07) is 0.592. The molecule has 0 aromatic carbocycles. The molecule has 1 aliphatic carbocycles. The van der Waals surface area contributed by atoms with E-state index < -0.39 is 0 Å². The van der Waals surface area contributed by atoms with E-state index in [9.17, 15) is 4.79 Å². The van der Waals surface area contributed by atoms with Gasteiger partial charge in [-0.2, -0.15) is 0 Å². The van der Waals surface area contributed by atoms with Gasteiger partial charge in [0, 0.05) is 26.2 Å². The van der Waals surface area contributed by atoms with E-state index in [2.05, 4.69) is 10.2 Å². The molecule has 17 heavy (non-hydrogen) atoms. The second-order valence-corrected chi connectivity index (χ2v) is 4.54. The number of carbonyl (C=O) groups is 1. The molecule has 0 bridgehead atoms. The number of carbonyl (C=O) groups excluding carboxylic acids is 1. The van der Waals surface area contributed by atoms with E-state index in [4.69, 9.17) is 10.5 Å². The van der Waals surface area contributed by atoms with Gasteiger partial charge in [-0.05, 0) is 25.8 Å². The van der Waals surface area contributed by atoms with E-state index in [0.29, 0.717) is 32.3 Å². The molecular weight excluding hydrogens is 218 g/mol. The Kier molecular flexibility index (Phi) is 7.16. The topological polar surface area (TPSA) is 67.6 Å². The van der Waals surface area contributed by atoms with Crippen LogP contribution in [0.3, 0.4) is 0 Å². The molecule has 0 radical (unpaired) electrons. The highest BCUT2D eigenvalue weighted by Gasteiger charge is 2.25. The summed E-state index contributed by atoms with van der Waals surface area (Å²) in [5.74, 6) is 0.0889. The minimum Gasteiger partial charge on any atom is -0.383 e.